The second-order valence-electron chi connectivity index (χ2n) is 16.0. The van der Waals surface area contributed by atoms with Gasteiger partial charge in [-0.15, -0.1) is 0 Å². The van der Waals surface area contributed by atoms with Crippen LogP contribution >= 0.6 is 7.75 Å². The van der Waals surface area contributed by atoms with Gasteiger partial charge in [0.05, 0.1) is 12.3 Å². The molecule has 0 amide bonds. The smallest absolute Gasteiger partial charge is 0.459 e. The predicted octanol–water partition coefficient (Wildman–Crippen LogP) is 9.13. The van der Waals surface area contributed by atoms with Gasteiger partial charge in [-0.05, 0) is 51.5 Å². The topological polar surface area (TPSA) is 171 Å². The van der Waals surface area contributed by atoms with Crippen molar-refractivity contribution in [3.05, 3.63) is 65.9 Å². The fourth-order valence-corrected chi connectivity index (χ4v) is 9.02. The molecule has 326 valence electrons. The molecule has 59 heavy (non-hydrogen) atoms. The molecular formula is C43H65N6O9P. The summed E-state index contributed by atoms with van der Waals surface area (Å²) in [5.74, 6) is -1.24. The van der Waals surface area contributed by atoms with Crippen molar-refractivity contribution < 1.29 is 42.1 Å². The van der Waals surface area contributed by atoms with Crippen LogP contribution in [-0.2, 0) is 37.6 Å². The third-order valence-corrected chi connectivity index (χ3v) is 12.3. The predicted molar refractivity (Wildman–Crippen MR) is 224 cm³/mol. The first-order valence-corrected chi connectivity index (χ1v) is 23.1. The molecule has 15 nitrogen and oxygen atoms in total. The summed E-state index contributed by atoms with van der Waals surface area (Å²) in [4.78, 5) is 21.0. The number of unbranched alkanes of at least 4 members (excludes halogenated alkanes) is 13. The number of nitrogens with one attached hydrogen (secondary N) is 1. The summed E-state index contributed by atoms with van der Waals surface area (Å²) >= 11 is 0. The van der Waals surface area contributed by atoms with Crippen LogP contribution in [0.2, 0.25) is 0 Å². The van der Waals surface area contributed by atoms with Crippen LogP contribution in [-0.4, -0.2) is 76.8 Å². The number of carbonyl (C=O) groups is 1. The maximum atomic E-state index is 14.5. The Morgan fingerprint density at radius 1 is 0.915 bits per heavy atom. The molecule has 1 unspecified atom stereocenters. The molecule has 2 aliphatic heterocycles. The standard InChI is InChI=1S/C43H65N6O9P/c1-6-7-8-9-10-11-12-13-14-15-16-17-18-22-28-52-29-23-30-53-41(50)33(2)48-59(51,58-34-24-20-19-21-25-34)54-31-43(45-5)39-38(55-42(3,4)57-39)37(56-43)35-26-27-36-40(44)46-32-47-49(35)36/h19-21,24-27,32-33,37-39H,6-18,22-23,28-31H2,1-4H3,(H,48,51)(H2,44,46,47)/t33-,37-,38-,39-,43+,59?/m0/s1. The number of ether oxygens (including phenoxy) is 5. The van der Waals surface area contributed by atoms with Crippen molar-refractivity contribution in [2.45, 2.75) is 160 Å². The number of anilines is 1. The lowest BCUT2D eigenvalue weighted by molar-refractivity contribution is -0.206. The third-order valence-electron chi connectivity index (χ3n) is 10.6. The first-order valence-electron chi connectivity index (χ1n) is 21.5. The lowest BCUT2D eigenvalue weighted by Crippen LogP contribution is -2.45. The van der Waals surface area contributed by atoms with Gasteiger partial charge in [-0.3, -0.25) is 18.9 Å². The van der Waals surface area contributed by atoms with Gasteiger partial charge in [0, 0.05) is 19.6 Å². The van der Waals surface area contributed by atoms with Crippen molar-refractivity contribution in [1.29, 1.82) is 0 Å². The van der Waals surface area contributed by atoms with Crippen LogP contribution < -0.4 is 15.3 Å². The number of aromatic nitrogens is 3. The minimum absolute atomic E-state index is 0.130. The number of carbonyl (C=O) groups excluding carboxylic acids is 1. The molecule has 5 rings (SSSR count). The van der Waals surface area contributed by atoms with Crippen molar-refractivity contribution in [3.63, 3.8) is 0 Å². The van der Waals surface area contributed by atoms with Crippen LogP contribution in [0.5, 0.6) is 5.75 Å². The van der Waals surface area contributed by atoms with Crippen LogP contribution in [0.4, 0.5) is 5.82 Å². The van der Waals surface area contributed by atoms with Crippen molar-refractivity contribution in [2.75, 3.05) is 32.2 Å². The number of hydrogen-bond donors (Lipinski definition) is 2. The Bertz CT molecular complexity index is 1820. The van der Waals surface area contributed by atoms with E-state index in [0.29, 0.717) is 30.8 Å². The monoisotopic (exact) mass is 840 g/mol. The summed E-state index contributed by atoms with van der Waals surface area (Å²) in [6.45, 7) is 16.3. The minimum Gasteiger partial charge on any atom is -0.464 e. The van der Waals surface area contributed by atoms with Crippen LogP contribution in [0.1, 0.15) is 136 Å². The quantitative estimate of drug-likeness (QED) is 0.0307. The molecular weight excluding hydrogens is 775 g/mol. The van der Waals surface area contributed by atoms with E-state index in [1.165, 1.54) is 90.3 Å². The van der Waals surface area contributed by atoms with E-state index >= 15 is 0 Å². The van der Waals surface area contributed by atoms with Crippen molar-refractivity contribution in [1.82, 2.24) is 19.7 Å². The van der Waals surface area contributed by atoms with Gasteiger partial charge in [0.1, 0.15) is 35.8 Å². The molecule has 2 aliphatic rings. The molecule has 0 spiro atoms. The highest BCUT2D eigenvalue weighted by atomic mass is 31.2. The zero-order chi connectivity index (χ0) is 42.1. The van der Waals surface area contributed by atoms with Crippen LogP contribution in [0.15, 0.2) is 48.8 Å². The summed E-state index contributed by atoms with van der Waals surface area (Å²) in [6.07, 6.45) is 17.6. The van der Waals surface area contributed by atoms with E-state index < -0.39 is 56.2 Å². The Morgan fingerprint density at radius 3 is 2.22 bits per heavy atom. The highest BCUT2D eigenvalue weighted by Gasteiger charge is 2.69. The van der Waals surface area contributed by atoms with Crippen molar-refractivity contribution >= 4 is 25.1 Å². The van der Waals surface area contributed by atoms with E-state index in [-0.39, 0.29) is 18.2 Å². The Hall–Kier alpha value is -3.61. The second-order valence-corrected chi connectivity index (χ2v) is 17.7. The number of esters is 1. The number of fused-ring (bicyclic) bond motifs is 2. The average molecular weight is 841 g/mol. The molecule has 0 radical (unpaired) electrons. The summed E-state index contributed by atoms with van der Waals surface area (Å²) in [5.41, 5.74) is 5.35. The normalized spacial score (nSPS) is 22.5. The molecule has 2 aromatic heterocycles. The van der Waals surface area contributed by atoms with Gasteiger partial charge >= 0.3 is 19.4 Å². The van der Waals surface area contributed by atoms with Gasteiger partial charge < -0.3 is 29.2 Å². The van der Waals surface area contributed by atoms with E-state index in [9.17, 15) is 9.36 Å². The molecule has 3 N–H and O–H groups in total. The highest BCUT2D eigenvalue weighted by Crippen LogP contribution is 2.53. The fraction of sp³-hybridized carbons (Fsp3) is 0.674. The number of rotatable bonds is 28. The van der Waals surface area contributed by atoms with Gasteiger partial charge in [-0.1, -0.05) is 109 Å². The van der Waals surface area contributed by atoms with Crippen LogP contribution in [0.25, 0.3) is 10.4 Å². The Balaban J connectivity index is 1.06. The number of benzene rings is 1. The summed E-state index contributed by atoms with van der Waals surface area (Å²) in [6, 6.07) is 10.8. The maximum absolute atomic E-state index is 14.5. The summed E-state index contributed by atoms with van der Waals surface area (Å²) in [7, 11) is -4.37. The van der Waals surface area contributed by atoms with E-state index in [4.69, 9.17) is 45.0 Å². The molecule has 0 aliphatic carbocycles. The van der Waals surface area contributed by atoms with Crippen LogP contribution in [0.3, 0.4) is 0 Å². The number of nitrogens with zero attached hydrogens (tertiary/aromatic N) is 4. The molecule has 6 atom stereocenters. The minimum atomic E-state index is -4.37. The Kier molecular flexibility index (Phi) is 18.0. The number of para-hydroxylation sites is 1. The lowest BCUT2D eigenvalue weighted by atomic mass is 10.0. The average Bonchev–Trinajstić information content (AvgIpc) is 3.88. The summed E-state index contributed by atoms with van der Waals surface area (Å²) in [5, 5.41) is 7.04. The molecule has 0 saturated carbocycles. The molecule has 2 saturated heterocycles. The van der Waals surface area contributed by atoms with Crippen molar-refractivity contribution in [3.8, 4) is 5.75 Å². The molecule has 2 fully saturated rings. The van der Waals surface area contributed by atoms with Gasteiger partial charge in [0.2, 0.25) is 0 Å². The van der Waals surface area contributed by atoms with Crippen molar-refractivity contribution in [2.24, 2.45) is 0 Å². The van der Waals surface area contributed by atoms with Gasteiger partial charge in [-0.2, -0.15) is 10.2 Å². The summed E-state index contributed by atoms with van der Waals surface area (Å²) < 4.78 is 58.1. The first kappa shape index (κ1) is 46.5. The number of hydrogen-bond acceptors (Lipinski definition) is 12. The second kappa shape index (κ2) is 22.8. The van der Waals surface area contributed by atoms with E-state index in [1.54, 1.807) is 60.8 Å². The third kappa shape index (κ3) is 13.4. The van der Waals surface area contributed by atoms with Gasteiger partial charge in [-0.25, -0.2) is 20.6 Å². The fourth-order valence-electron chi connectivity index (χ4n) is 7.51. The first-order chi connectivity index (χ1) is 28.5. The zero-order valence-corrected chi connectivity index (χ0v) is 36.2. The highest BCUT2D eigenvalue weighted by molar-refractivity contribution is 7.52. The van der Waals surface area contributed by atoms with Crippen LogP contribution in [0, 0.1) is 6.57 Å². The zero-order valence-electron chi connectivity index (χ0n) is 35.4. The van der Waals surface area contributed by atoms with Gasteiger partial charge in [0.15, 0.2) is 24.3 Å². The SMILES string of the molecule is [C-]#[N+][C@]1(COP(=O)(N[C@@H](C)C(=O)OCCCOCCCCCCCCCCCCCCCC)Oc2ccccc2)O[C@@H](c2ccc3c(N)ncnn23)[C@@H]2OC(C)(C)O[C@@H]21. The molecule has 3 aromatic rings. The largest absolute Gasteiger partial charge is 0.464 e. The Labute approximate surface area is 349 Å². The lowest BCUT2D eigenvalue weighted by Gasteiger charge is -2.28. The van der Waals surface area contributed by atoms with E-state index in [0.717, 1.165) is 12.8 Å². The van der Waals surface area contributed by atoms with Gasteiger partial charge in [0.25, 0.3) is 0 Å². The molecule has 16 heteroatoms. The molecule has 0 bridgehead atoms. The van der Waals surface area contributed by atoms with E-state index in [1.807, 2.05) is 0 Å². The maximum Gasteiger partial charge on any atom is 0.459 e. The van der Waals surface area contributed by atoms with E-state index in [2.05, 4.69) is 26.9 Å². The number of nitrogen functional groups attached to an aromatic ring is 1. The Morgan fingerprint density at radius 2 is 1.56 bits per heavy atom. The number of nitrogens with two attached hydrogens (primary N) is 1. The molecule has 4 heterocycles. The molecule has 1 aromatic carbocycles.